The van der Waals surface area contributed by atoms with Crippen LogP contribution in [0.1, 0.15) is 17.2 Å². The number of aliphatic hydroxyl groups is 1. The van der Waals surface area contributed by atoms with Gasteiger partial charge in [-0.15, -0.1) is 0 Å². The number of likely N-dealkylation sites (tertiary alicyclic amines) is 1. The number of ether oxygens (including phenoxy) is 1. The molecule has 1 aliphatic rings. The van der Waals surface area contributed by atoms with Crippen molar-refractivity contribution in [1.82, 2.24) is 4.90 Å². The predicted octanol–water partition coefficient (Wildman–Crippen LogP) is 2.65. The molecule has 1 fully saturated rings. The summed E-state index contributed by atoms with van der Waals surface area (Å²) in [6.07, 6.45) is 0. The number of rotatable bonds is 4. The molecule has 1 atom stereocenters. The predicted molar refractivity (Wildman–Crippen MR) is 96.2 cm³/mol. The van der Waals surface area contributed by atoms with Gasteiger partial charge in [0.05, 0.1) is 23.6 Å². The van der Waals surface area contributed by atoms with Crippen LogP contribution >= 0.6 is 0 Å². The summed E-state index contributed by atoms with van der Waals surface area (Å²) in [7, 11) is 2.91. The summed E-state index contributed by atoms with van der Waals surface area (Å²) in [4.78, 5) is 36.4. The number of Topliss-reactive ketones (excluding diaryl/α,β-unsaturated/α-hetero) is 1. The van der Waals surface area contributed by atoms with Gasteiger partial charge in [-0.1, -0.05) is 12.1 Å². The molecule has 0 aliphatic carbocycles. The zero-order valence-corrected chi connectivity index (χ0v) is 14.6. The highest BCUT2D eigenvalue weighted by atomic mass is 16.6. The molecule has 1 aliphatic heterocycles. The number of carbonyl (C=O) groups is 2. The molecule has 0 aromatic heterocycles. The average molecular weight is 368 g/mol. The lowest BCUT2D eigenvalue weighted by molar-refractivity contribution is -0.384. The van der Waals surface area contributed by atoms with Crippen molar-refractivity contribution < 1.29 is 24.4 Å². The summed E-state index contributed by atoms with van der Waals surface area (Å²) < 4.78 is 5.06. The first-order valence-corrected chi connectivity index (χ1v) is 7.98. The van der Waals surface area contributed by atoms with E-state index >= 15 is 0 Å². The monoisotopic (exact) mass is 368 g/mol. The van der Waals surface area contributed by atoms with Crippen molar-refractivity contribution in [2.45, 2.75) is 6.04 Å². The van der Waals surface area contributed by atoms with Crippen molar-refractivity contribution in [3.63, 3.8) is 0 Å². The van der Waals surface area contributed by atoms with Crippen LogP contribution in [0.5, 0.6) is 5.75 Å². The third-order valence-electron chi connectivity index (χ3n) is 4.44. The lowest BCUT2D eigenvalue weighted by Gasteiger charge is -2.20. The van der Waals surface area contributed by atoms with E-state index in [4.69, 9.17) is 4.74 Å². The summed E-state index contributed by atoms with van der Waals surface area (Å²) >= 11 is 0. The molecule has 0 saturated carbocycles. The van der Waals surface area contributed by atoms with Crippen molar-refractivity contribution in [3.8, 4) is 5.75 Å². The number of nitrogens with zero attached hydrogens (tertiary/aromatic N) is 2. The first kappa shape index (κ1) is 18.1. The molecule has 0 spiro atoms. The molecule has 0 radical (unpaired) electrons. The SMILES string of the molecule is COc1ccc(/C(O)=C2\C(=O)C(=O)N(C)[C@@H]2c2cccc([N+](=O)[O-])c2)cc1. The molecule has 27 heavy (non-hydrogen) atoms. The molecule has 8 heteroatoms. The number of amides is 1. The number of nitro benzene ring substituents is 1. The Morgan fingerprint density at radius 2 is 1.85 bits per heavy atom. The van der Waals surface area contributed by atoms with Crippen LogP contribution in [-0.2, 0) is 9.59 Å². The van der Waals surface area contributed by atoms with Crippen LogP contribution in [0.25, 0.3) is 5.76 Å². The van der Waals surface area contributed by atoms with E-state index in [9.17, 15) is 24.8 Å². The number of likely N-dealkylation sites (N-methyl/N-ethyl adjacent to an activating group) is 1. The number of carbonyl (C=O) groups excluding carboxylic acids is 2. The number of aliphatic hydroxyl groups excluding tert-OH is 1. The Balaban J connectivity index is 2.15. The highest BCUT2D eigenvalue weighted by Crippen LogP contribution is 2.39. The number of hydrogen-bond donors (Lipinski definition) is 1. The van der Waals surface area contributed by atoms with E-state index in [1.807, 2.05) is 0 Å². The van der Waals surface area contributed by atoms with Gasteiger partial charge in [-0.2, -0.15) is 0 Å². The van der Waals surface area contributed by atoms with Gasteiger partial charge in [0, 0.05) is 24.7 Å². The number of ketones is 1. The molecular weight excluding hydrogens is 352 g/mol. The summed E-state index contributed by atoms with van der Waals surface area (Å²) in [5, 5.41) is 21.8. The Morgan fingerprint density at radius 1 is 1.19 bits per heavy atom. The fourth-order valence-electron chi connectivity index (χ4n) is 3.05. The van der Waals surface area contributed by atoms with Crippen LogP contribution in [-0.4, -0.2) is 40.8 Å². The maximum absolute atomic E-state index is 12.5. The molecule has 2 aromatic carbocycles. The minimum atomic E-state index is -0.924. The molecule has 1 amide bonds. The van der Waals surface area contributed by atoms with Crippen molar-refractivity contribution in [3.05, 3.63) is 75.3 Å². The second-order valence-corrected chi connectivity index (χ2v) is 5.99. The van der Waals surface area contributed by atoms with Gasteiger partial charge in [0.2, 0.25) is 0 Å². The van der Waals surface area contributed by atoms with Crippen LogP contribution in [0.3, 0.4) is 0 Å². The summed E-state index contributed by atoms with van der Waals surface area (Å²) in [6.45, 7) is 0. The van der Waals surface area contributed by atoms with Gasteiger partial charge in [-0.3, -0.25) is 19.7 Å². The maximum atomic E-state index is 12.5. The maximum Gasteiger partial charge on any atom is 0.295 e. The van der Waals surface area contributed by atoms with Crippen LogP contribution in [0.4, 0.5) is 5.69 Å². The van der Waals surface area contributed by atoms with E-state index in [1.165, 1.54) is 32.4 Å². The third kappa shape index (κ3) is 3.12. The van der Waals surface area contributed by atoms with Gasteiger partial charge in [-0.05, 0) is 29.8 Å². The fraction of sp³-hybridized carbons (Fsp3) is 0.158. The van der Waals surface area contributed by atoms with Gasteiger partial charge < -0.3 is 14.7 Å². The van der Waals surface area contributed by atoms with Gasteiger partial charge in [-0.25, -0.2) is 0 Å². The lowest BCUT2D eigenvalue weighted by Crippen LogP contribution is -2.24. The first-order chi connectivity index (χ1) is 12.8. The van der Waals surface area contributed by atoms with Gasteiger partial charge in [0.25, 0.3) is 17.4 Å². The van der Waals surface area contributed by atoms with Crippen molar-refractivity contribution in [2.24, 2.45) is 0 Å². The molecule has 138 valence electrons. The fourth-order valence-corrected chi connectivity index (χ4v) is 3.05. The molecule has 1 N–H and O–H groups in total. The van der Waals surface area contributed by atoms with E-state index in [1.54, 1.807) is 30.3 Å². The van der Waals surface area contributed by atoms with E-state index in [-0.39, 0.29) is 17.0 Å². The number of hydrogen-bond acceptors (Lipinski definition) is 6. The van der Waals surface area contributed by atoms with Crippen molar-refractivity contribution >= 4 is 23.1 Å². The largest absolute Gasteiger partial charge is 0.507 e. The molecule has 1 saturated heterocycles. The topological polar surface area (TPSA) is 110 Å². The van der Waals surface area contributed by atoms with Crippen molar-refractivity contribution in [2.75, 3.05) is 14.2 Å². The van der Waals surface area contributed by atoms with Crippen LogP contribution < -0.4 is 4.74 Å². The minimum Gasteiger partial charge on any atom is -0.507 e. The highest BCUT2D eigenvalue weighted by molar-refractivity contribution is 6.46. The molecule has 0 unspecified atom stereocenters. The van der Waals surface area contributed by atoms with Crippen LogP contribution in [0, 0.1) is 10.1 Å². The standard InChI is InChI=1S/C19H16N2O6/c1-20-16(12-4-3-5-13(10-12)21(25)26)15(18(23)19(20)24)17(22)11-6-8-14(27-2)9-7-11/h3-10,16,22H,1-2H3/b17-15+/t16-/m1/s1. The van der Waals surface area contributed by atoms with Crippen LogP contribution in [0.2, 0.25) is 0 Å². The van der Waals surface area contributed by atoms with E-state index in [0.717, 1.165) is 4.90 Å². The molecule has 8 nitrogen and oxygen atoms in total. The zero-order valence-electron chi connectivity index (χ0n) is 14.6. The lowest BCUT2D eigenvalue weighted by atomic mass is 9.95. The van der Waals surface area contributed by atoms with Gasteiger partial charge in [0.1, 0.15) is 11.5 Å². The number of benzene rings is 2. The van der Waals surface area contributed by atoms with E-state index in [2.05, 4.69) is 0 Å². The average Bonchev–Trinajstić information content (AvgIpc) is 2.91. The Hall–Kier alpha value is -3.68. The highest BCUT2D eigenvalue weighted by Gasteiger charge is 2.44. The van der Waals surface area contributed by atoms with Gasteiger partial charge >= 0.3 is 0 Å². The van der Waals surface area contributed by atoms with E-state index < -0.39 is 22.7 Å². The minimum absolute atomic E-state index is 0.117. The summed E-state index contributed by atoms with van der Waals surface area (Å²) in [6, 6.07) is 11.1. The van der Waals surface area contributed by atoms with E-state index in [0.29, 0.717) is 16.9 Å². The Morgan fingerprint density at radius 3 is 2.44 bits per heavy atom. The quantitative estimate of drug-likeness (QED) is 0.292. The Labute approximate surface area is 154 Å². The molecule has 0 bridgehead atoms. The Bertz CT molecular complexity index is 964. The number of methoxy groups -OCH3 is 1. The van der Waals surface area contributed by atoms with Gasteiger partial charge in [0.15, 0.2) is 0 Å². The molecule has 3 rings (SSSR count). The Kier molecular flexibility index (Phi) is 4.64. The molecule has 2 aromatic rings. The zero-order chi connectivity index (χ0) is 19.7. The first-order valence-electron chi connectivity index (χ1n) is 7.98. The molecule has 1 heterocycles. The summed E-state index contributed by atoms with van der Waals surface area (Å²) in [5.41, 5.74) is 0.405. The third-order valence-corrected chi connectivity index (χ3v) is 4.44. The second-order valence-electron chi connectivity index (χ2n) is 5.99. The normalized spacial score (nSPS) is 18.6. The number of non-ortho nitro benzene ring substituents is 1. The van der Waals surface area contributed by atoms with Crippen molar-refractivity contribution in [1.29, 1.82) is 0 Å². The number of nitro groups is 1. The molecular formula is C19H16N2O6. The second kappa shape index (κ2) is 6.91. The smallest absolute Gasteiger partial charge is 0.295 e. The van der Waals surface area contributed by atoms with Crippen LogP contribution in [0.15, 0.2) is 54.1 Å². The summed E-state index contributed by atoms with van der Waals surface area (Å²) in [5.74, 6) is -1.42.